The average molecular weight is 231 g/mol. The number of rotatable bonds is 6. The van der Waals surface area contributed by atoms with Gasteiger partial charge in [-0.05, 0) is 13.0 Å². The largest absolute Gasteiger partial charge is 0.308 e. The summed E-state index contributed by atoms with van der Waals surface area (Å²) in [5, 5.41) is 9.79. The van der Waals surface area contributed by atoms with Crippen molar-refractivity contribution < 1.29 is 8.42 Å². The number of nitrogens with one attached hydrogen (secondary N) is 2. The summed E-state index contributed by atoms with van der Waals surface area (Å²) in [6.07, 6.45) is 1.68. The summed E-state index contributed by atoms with van der Waals surface area (Å²) in [5.74, 6) is 0.384. The molecule has 15 heavy (non-hydrogen) atoms. The molecule has 0 aliphatic heterocycles. The highest BCUT2D eigenvalue weighted by Gasteiger charge is 2.09. The molecule has 6 heteroatoms. The van der Waals surface area contributed by atoms with Crippen LogP contribution < -0.4 is 5.32 Å². The minimum Gasteiger partial charge on any atom is -0.308 e. The first kappa shape index (κ1) is 12.2. The number of sulfone groups is 1. The Labute approximate surface area is 90.2 Å². The van der Waals surface area contributed by atoms with E-state index in [4.69, 9.17) is 0 Å². The lowest BCUT2D eigenvalue weighted by Gasteiger charge is -2.11. The van der Waals surface area contributed by atoms with Gasteiger partial charge in [0.2, 0.25) is 0 Å². The highest BCUT2D eigenvalue weighted by Crippen LogP contribution is 2.06. The van der Waals surface area contributed by atoms with Gasteiger partial charge in [0.1, 0.15) is 0 Å². The monoisotopic (exact) mass is 231 g/mol. The molecule has 1 atom stereocenters. The Bertz CT molecular complexity index is 372. The van der Waals surface area contributed by atoms with Crippen LogP contribution in [-0.2, 0) is 9.84 Å². The van der Waals surface area contributed by atoms with Gasteiger partial charge in [-0.2, -0.15) is 5.10 Å². The summed E-state index contributed by atoms with van der Waals surface area (Å²) in [6.45, 7) is 4.09. The fraction of sp³-hybridized carbons (Fsp3) is 0.667. The fourth-order valence-electron chi connectivity index (χ4n) is 1.19. The highest BCUT2D eigenvalue weighted by molar-refractivity contribution is 7.91. The molecule has 0 bridgehead atoms. The molecule has 0 saturated heterocycles. The summed E-state index contributed by atoms with van der Waals surface area (Å²) in [7, 11) is -2.87. The zero-order valence-corrected chi connectivity index (χ0v) is 9.84. The summed E-state index contributed by atoms with van der Waals surface area (Å²) in [6, 6.07) is 1.96. The number of hydrogen-bond acceptors (Lipinski definition) is 4. The molecule has 5 nitrogen and oxygen atoms in total. The summed E-state index contributed by atoms with van der Waals surface area (Å²) >= 11 is 0. The van der Waals surface area contributed by atoms with Gasteiger partial charge in [0.25, 0.3) is 0 Å². The van der Waals surface area contributed by atoms with Crippen LogP contribution in [0, 0.1) is 0 Å². The Morgan fingerprint density at radius 3 is 2.87 bits per heavy atom. The van der Waals surface area contributed by atoms with Crippen LogP contribution >= 0.6 is 0 Å². The lowest BCUT2D eigenvalue weighted by atomic mass is 10.2. The second-order valence-electron chi connectivity index (χ2n) is 3.42. The van der Waals surface area contributed by atoms with Crippen molar-refractivity contribution in [1.29, 1.82) is 0 Å². The third-order valence-corrected chi connectivity index (χ3v) is 4.00. The van der Waals surface area contributed by atoms with Gasteiger partial charge in [-0.25, -0.2) is 8.42 Å². The molecule has 0 amide bonds. The average Bonchev–Trinajstić information content (AvgIpc) is 2.70. The molecule has 0 radical (unpaired) electrons. The smallest absolute Gasteiger partial charge is 0.151 e. The first-order chi connectivity index (χ1) is 7.05. The Morgan fingerprint density at radius 2 is 2.33 bits per heavy atom. The summed E-state index contributed by atoms with van der Waals surface area (Å²) in [4.78, 5) is 0. The van der Waals surface area contributed by atoms with Crippen molar-refractivity contribution in [2.24, 2.45) is 0 Å². The van der Waals surface area contributed by atoms with Gasteiger partial charge in [-0.1, -0.05) is 6.92 Å². The van der Waals surface area contributed by atoms with E-state index in [1.54, 1.807) is 13.1 Å². The third-order valence-electron chi connectivity index (χ3n) is 2.29. The SMILES string of the molecule is CCS(=O)(=O)CCNC(C)c1ccn[nH]1. The number of aromatic amines is 1. The second kappa shape index (κ2) is 5.27. The van der Waals surface area contributed by atoms with Gasteiger partial charge in [0, 0.05) is 24.5 Å². The van der Waals surface area contributed by atoms with Crippen LogP contribution in [-0.4, -0.2) is 36.7 Å². The zero-order chi connectivity index (χ0) is 11.3. The molecule has 2 N–H and O–H groups in total. The maximum Gasteiger partial charge on any atom is 0.151 e. The number of aromatic nitrogens is 2. The van der Waals surface area contributed by atoms with Crippen molar-refractivity contribution in [3.63, 3.8) is 0 Å². The highest BCUT2D eigenvalue weighted by atomic mass is 32.2. The molecule has 0 fully saturated rings. The van der Waals surface area contributed by atoms with E-state index in [-0.39, 0.29) is 17.5 Å². The molecular weight excluding hydrogens is 214 g/mol. The van der Waals surface area contributed by atoms with Crippen LogP contribution in [0.25, 0.3) is 0 Å². The molecule has 1 heterocycles. The van der Waals surface area contributed by atoms with Crippen molar-refractivity contribution in [2.45, 2.75) is 19.9 Å². The van der Waals surface area contributed by atoms with Crippen molar-refractivity contribution in [3.8, 4) is 0 Å². The van der Waals surface area contributed by atoms with Gasteiger partial charge in [0.05, 0.1) is 11.4 Å². The lowest BCUT2D eigenvalue weighted by Crippen LogP contribution is -2.26. The summed E-state index contributed by atoms with van der Waals surface area (Å²) < 4.78 is 22.4. The van der Waals surface area contributed by atoms with Crippen LogP contribution in [0.15, 0.2) is 12.3 Å². The normalized spacial score (nSPS) is 14.0. The molecule has 0 aromatic carbocycles. The van der Waals surface area contributed by atoms with Gasteiger partial charge >= 0.3 is 0 Å². The van der Waals surface area contributed by atoms with Crippen LogP contribution in [0.2, 0.25) is 0 Å². The lowest BCUT2D eigenvalue weighted by molar-refractivity contribution is 0.565. The number of nitrogens with zero attached hydrogens (tertiary/aromatic N) is 1. The Hall–Kier alpha value is -0.880. The van der Waals surface area contributed by atoms with E-state index in [2.05, 4.69) is 15.5 Å². The van der Waals surface area contributed by atoms with Gasteiger partial charge in [-0.3, -0.25) is 5.10 Å². The van der Waals surface area contributed by atoms with Crippen LogP contribution in [0.4, 0.5) is 0 Å². The third kappa shape index (κ3) is 4.01. The van der Waals surface area contributed by atoms with Crippen LogP contribution in [0.1, 0.15) is 25.6 Å². The van der Waals surface area contributed by atoms with Gasteiger partial charge in [0.15, 0.2) is 9.84 Å². The van der Waals surface area contributed by atoms with E-state index in [0.29, 0.717) is 6.54 Å². The second-order valence-corrected chi connectivity index (χ2v) is 5.90. The van der Waals surface area contributed by atoms with E-state index in [1.807, 2.05) is 13.0 Å². The molecule has 1 rings (SSSR count). The van der Waals surface area contributed by atoms with E-state index < -0.39 is 9.84 Å². The predicted molar refractivity (Wildman–Crippen MR) is 59.3 cm³/mol. The molecule has 0 aliphatic rings. The minimum absolute atomic E-state index is 0.0968. The molecule has 0 saturated carbocycles. The van der Waals surface area contributed by atoms with Crippen molar-refractivity contribution >= 4 is 9.84 Å². The summed E-state index contributed by atoms with van der Waals surface area (Å²) in [5.41, 5.74) is 0.962. The number of hydrogen-bond donors (Lipinski definition) is 2. The first-order valence-corrected chi connectivity index (χ1v) is 6.80. The quantitative estimate of drug-likeness (QED) is 0.747. The molecule has 0 spiro atoms. The molecular formula is C9H17N3O2S. The maximum absolute atomic E-state index is 11.2. The van der Waals surface area contributed by atoms with Crippen LogP contribution in [0.3, 0.4) is 0 Å². The number of H-pyrrole nitrogens is 1. The van der Waals surface area contributed by atoms with Gasteiger partial charge in [-0.15, -0.1) is 0 Å². The van der Waals surface area contributed by atoms with E-state index in [9.17, 15) is 8.42 Å². The molecule has 1 aromatic heterocycles. The molecule has 1 unspecified atom stereocenters. The predicted octanol–water partition coefficient (Wildman–Crippen LogP) is 0.495. The Kier molecular flexibility index (Phi) is 4.28. The van der Waals surface area contributed by atoms with Crippen molar-refractivity contribution in [2.75, 3.05) is 18.1 Å². The maximum atomic E-state index is 11.2. The molecule has 86 valence electrons. The molecule has 0 aliphatic carbocycles. The minimum atomic E-state index is -2.87. The van der Waals surface area contributed by atoms with Crippen molar-refractivity contribution in [3.05, 3.63) is 18.0 Å². The van der Waals surface area contributed by atoms with E-state index in [1.165, 1.54) is 0 Å². The van der Waals surface area contributed by atoms with Crippen molar-refractivity contribution in [1.82, 2.24) is 15.5 Å². The zero-order valence-electron chi connectivity index (χ0n) is 9.03. The van der Waals surface area contributed by atoms with E-state index >= 15 is 0 Å². The molecule has 1 aromatic rings. The van der Waals surface area contributed by atoms with Gasteiger partial charge < -0.3 is 5.32 Å². The standard InChI is InChI=1S/C9H17N3O2S/c1-3-15(13,14)7-6-10-8(2)9-4-5-11-12-9/h4-5,8,10H,3,6-7H2,1-2H3,(H,11,12). The fourth-order valence-corrected chi connectivity index (χ4v) is 1.91. The van der Waals surface area contributed by atoms with Crippen LogP contribution in [0.5, 0.6) is 0 Å². The topological polar surface area (TPSA) is 74.8 Å². The Morgan fingerprint density at radius 1 is 1.60 bits per heavy atom. The first-order valence-electron chi connectivity index (χ1n) is 4.98. The Balaban J connectivity index is 2.33. The van der Waals surface area contributed by atoms with E-state index in [0.717, 1.165) is 5.69 Å².